The SMILES string of the molecule is CCc1ccc(-c2ccc(C(F)(F)F)cc2)c(C(=O)O)c1. The summed E-state index contributed by atoms with van der Waals surface area (Å²) in [7, 11) is 0. The second-order valence-corrected chi connectivity index (χ2v) is 4.61. The Hall–Kier alpha value is -2.30. The Morgan fingerprint density at radius 1 is 1.10 bits per heavy atom. The molecule has 21 heavy (non-hydrogen) atoms. The predicted octanol–water partition coefficient (Wildman–Crippen LogP) is 4.63. The molecular formula is C16H13F3O2. The van der Waals surface area contributed by atoms with Crippen molar-refractivity contribution in [1.29, 1.82) is 0 Å². The van der Waals surface area contributed by atoms with E-state index in [9.17, 15) is 23.1 Å². The number of hydrogen-bond donors (Lipinski definition) is 1. The number of rotatable bonds is 3. The molecule has 0 radical (unpaired) electrons. The lowest BCUT2D eigenvalue weighted by Crippen LogP contribution is -2.05. The van der Waals surface area contributed by atoms with Gasteiger partial charge in [0.25, 0.3) is 0 Å². The van der Waals surface area contributed by atoms with Crippen LogP contribution < -0.4 is 0 Å². The largest absolute Gasteiger partial charge is 0.478 e. The van der Waals surface area contributed by atoms with Crippen molar-refractivity contribution in [3.63, 3.8) is 0 Å². The second kappa shape index (κ2) is 5.60. The minimum absolute atomic E-state index is 0.0918. The van der Waals surface area contributed by atoms with Gasteiger partial charge in [0.2, 0.25) is 0 Å². The molecule has 5 heteroatoms. The summed E-state index contributed by atoms with van der Waals surface area (Å²) < 4.78 is 37.6. The van der Waals surface area contributed by atoms with Crippen LogP contribution in [0.5, 0.6) is 0 Å². The van der Waals surface area contributed by atoms with Crippen molar-refractivity contribution < 1.29 is 23.1 Å². The van der Waals surface area contributed by atoms with Gasteiger partial charge in [-0.2, -0.15) is 13.2 Å². The third-order valence-corrected chi connectivity index (χ3v) is 3.25. The normalized spacial score (nSPS) is 11.4. The molecule has 110 valence electrons. The van der Waals surface area contributed by atoms with E-state index in [0.29, 0.717) is 17.5 Å². The molecule has 2 rings (SSSR count). The summed E-state index contributed by atoms with van der Waals surface area (Å²) in [4.78, 5) is 11.3. The summed E-state index contributed by atoms with van der Waals surface area (Å²) in [6.45, 7) is 1.90. The Morgan fingerprint density at radius 3 is 2.19 bits per heavy atom. The van der Waals surface area contributed by atoms with Gasteiger partial charge in [0.1, 0.15) is 0 Å². The number of carboxylic acid groups (broad SMARTS) is 1. The van der Waals surface area contributed by atoms with Crippen LogP contribution >= 0.6 is 0 Å². The van der Waals surface area contributed by atoms with Crippen LogP contribution in [0, 0.1) is 0 Å². The molecule has 2 nitrogen and oxygen atoms in total. The van der Waals surface area contributed by atoms with Crippen molar-refractivity contribution in [3.05, 3.63) is 59.2 Å². The Balaban J connectivity index is 2.49. The van der Waals surface area contributed by atoms with Gasteiger partial charge in [-0.1, -0.05) is 31.2 Å². The maximum atomic E-state index is 12.5. The maximum Gasteiger partial charge on any atom is 0.416 e. The molecule has 0 saturated carbocycles. The first-order valence-corrected chi connectivity index (χ1v) is 6.36. The monoisotopic (exact) mass is 294 g/mol. The molecule has 0 bridgehead atoms. The summed E-state index contributed by atoms with van der Waals surface area (Å²) in [5, 5.41) is 9.25. The van der Waals surface area contributed by atoms with Crippen LogP contribution in [0.25, 0.3) is 11.1 Å². The number of halogens is 3. The van der Waals surface area contributed by atoms with E-state index < -0.39 is 17.7 Å². The van der Waals surface area contributed by atoms with Crippen LogP contribution in [0.3, 0.4) is 0 Å². The van der Waals surface area contributed by atoms with Gasteiger partial charge < -0.3 is 5.11 Å². The number of aromatic carboxylic acids is 1. The van der Waals surface area contributed by atoms with Gasteiger partial charge in [0.15, 0.2) is 0 Å². The Labute approximate surface area is 119 Å². The average Bonchev–Trinajstić information content (AvgIpc) is 2.45. The van der Waals surface area contributed by atoms with Gasteiger partial charge in [0, 0.05) is 0 Å². The Kier molecular flexibility index (Phi) is 4.02. The minimum Gasteiger partial charge on any atom is -0.478 e. The molecule has 0 atom stereocenters. The van der Waals surface area contributed by atoms with E-state index in [1.165, 1.54) is 12.1 Å². The predicted molar refractivity (Wildman–Crippen MR) is 73.2 cm³/mol. The lowest BCUT2D eigenvalue weighted by atomic mass is 9.96. The van der Waals surface area contributed by atoms with Crippen molar-refractivity contribution in [2.24, 2.45) is 0 Å². The summed E-state index contributed by atoms with van der Waals surface area (Å²) in [5.41, 5.74) is 1.06. The average molecular weight is 294 g/mol. The van der Waals surface area contributed by atoms with E-state index in [1.807, 2.05) is 6.92 Å². The van der Waals surface area contributed by atoms with Gasteiger partial charge in [-0.05, 0) is 41.3 Å². The molecule has 0 saturated heterocycles. The van der Waals surface area contributed by atoms with Gasteiger partial charge in [-0.15, -0.1) is 0 Å². The van der Waals surface area contributed by atoms with Crippen molar-refractivity contribution in [2.45, 2.75) is 19.5 Å². The molecule has 0 aliphatic rings. The number of hydrogen-bond acceptors (Lipinski definition) is 1. The fraction of sp³-hybridized carbons (Fsp3) is 0.188. The molecule has 0 unspecified atom stereocenters. The molecule has 0 amide bonds. The number of aryl methyl sites for hydroxylation is 1. The highest BCUT2D eigenvalue weighted by atomic mass is 19.4. The van der Waals surface area contributed by atoms with E-state index in [4.69, 9.17) is 0 Å². The van der Waals surface area contributed by atoms with Crippen molar-refractivity contribution in [1.82, 2.24) is 0 Å². The van der Waals surface area contributed by atoms with Crippen LogP contribution in [0.4, 0.5) is 13.2 Å². The molecule has 1 N–H and O–H groups in total. The zero-order valence-corrected chi connectivity index (χ0v) is 11.2. The summed E-state index contributed by atoms with van der Waals surface area (Å²) in [6, 6.07) is 9.44. The summed E-state index contributed by atoms with van der Waals surface area (Å²) >= 11 is 0. The molecule has 0 fully saturated rings. The van der Waals surface area contributed by atoms with Crippen LogP contribution in [0.1, 0.15) is 28.4 Å². The number of carboxylic acids is 1. The summed E-state index contributed by atoms with van der Waals surface area (Å²) in [5.74, 6) is -1.10. The van der Waals surface area contributed by atoms with E-state index in [0.717, 1.165) is 17.7 Å². The highest BCUT2D eigenvalue weighted by Gasteiger charge is 2.30. The molecule has 0 aromatic heterocycles. The minimum atomic E-state index is -4.40. The quantitative estimate of drug-likeness (QED) is 0.896. The second-order valence-electron chi connectivity index (χ2n) is 4.61. The van der Waals surface area contributed by atoms with Gasteiger partial charge in [-0.25, -0.2) is 4.79 Å². The molecule has 0 aliphatic heterocycles. The lowest BCUT2D eigenvalue weighted by molar-refractivity contribution is -0.137. The van der Waals surface area contributed by atoms with Crippen molar-refractivity contribution in [2.75, 3.05) is 0 Å². The Bertz CT molecular complexity index is 658. The van der Waals surface area contributed by atoms with Gasteiger partial charge >= 0.3 is 12.1 Å². The highest BCUT2D eigenvalue weighted by molar-refractivity contribution is 5.96. The smallest absolute Gasteiger partial charge is 0.416 e. The molecular weight excluding hydrogens is 281 g/mol. The first-order valence-electron chi connectivity index (χ1n) is 6.36. The van der Waals surface area contributed by atoms with E-state index >= 15 is 0 Å². The zero-order chi connectivity index (χ0) is 15.6. The molecule has 2 aromatic rings. The van der Waals surface area contributed by atoms with Gasteiger partial charge in [-0.3, -0.25) is 0 Å². The molecule has 0 heterocycles. The van der Waals surface area contributed by atoms with Crippen LogP contribution in [0.15, 0.2) is 42.5 Å². The van der Waals surface area contributed by atoms with Gasteiger partial charge in [0.05, 0.1) is 11.1 Å². The third-order valence-electron chi connectivity index (χ3n) is 3.25. The first-order chi connectivity index (χ1) is 9.82. The van der Waals surface area contributed by atoms with E-state index in [2.05, 4.69) is 0 Å². The first kappa shape index (κ1) is 15.1. The fourth-order valence-electron chi connectivity index (χ4n) is 2.08. The number of alkyl halides is 3. The molecule has 0 aliphatic carbocycles. The van der Waals surface area contributed by atoms with Crippen LogP contribution in [-0.4, -0.2) is 11.1 Å². The van der Waals surface area contributed by atoms with Crippen LogP contribution in [-0.2, 0) is 12.6 Å². The van der Waals surface area contributed by atoms with Crippen LogP contribution in [0.2, 0.25) is 0 Å². The standard InChI is InChI=1S/C16H13F3O2/c1-2-10-3-8-13(14(9-10)15(20)21)11-4-6-12(7-5-11)16(17,18)19/h3-9H,2H2,1H3,(H,20,21). The molecule has 0 spiro atoms. The summed E-state index contributed by atoms with van der Waals surface area (Å²) in [6.07, 6.45) is -3.71. The van der Waals surface area contributed by atoms with E-state index in [1.54, 1.807) is 18.2 Å². The maximum absolute atomic E-state index is 12.5. The highest BCUT2D eigenvalue weighted by Crippen LogP contribution is 2.32. The topological polar surface area (TPSA) is 37.3 Å². The zero-order valence-electron chi connectivity index (χ0n) is 11.2. The Morgan fingerprint density at radius 2 is 1.71 bits per heavy atom. The number of carbonyl (C=O) groups is 1. The van der Waals surface area contributed by atoms with Crippen molar-refractivity contribution in [3.8, 4) is 11.1 Å². The molecule has 2 aromatic carbocycles. The fourth-order valence-corrected chi connectivity index (χ4v) is 2.08. The number of benzene rings is 2. The lowest BCUT2D eigenvalue weighted by Gasteiger charge is -2.10. The van der Waals surface area contributed by atoms with E-state index in [-0.39, 0.29) is 5.56 Å². The van der Waals surface area contributed by atoms with Crippen molar-refractivity contribution >= 4 is 5.97 Å². The third kappa shape index (κ3) is 3.24.